The van der Waals surface area contributed by atoms with Crippen molar-refractivity contribution in [2.45, 2.75) is 45.7 Å². The molecule has 0 saturated carbocycles. The van der Waals surface area contributed by atoms with Crippen LogP contribution in [0, 0.1) is 5.92 Å². The van der Waals surface area contributed by atoms with E-state index in [-0.39, 0.29) is 17.9 Å². The fourth-order valence-electron chi connectivity index (χ4n) is 2.66. The topological polar surface area (TPSA) is 49.4 Å². The first-order valence-electron chi connectivity index (χ1n) is 7.70. The van der Waals surface area contributed by atoms with Crippen LogP contribution in [-0.4, -0.2) is 29.3 Å². The normalized spacial score (nSPS) is 22.6. The van der Waals surface area contributed by atoms with Crippen LogP contribution in [0.4, 0.5) is 0 Å². The second-order valence-corrected chi connectivity index (χ2v) is 6.00. The molecule has 2 atom stereocenters. The molecule has 1 aromatic carbocycles. The van der Waals surface area contributed by atoms with Gasteiger partial charge in [0.25, 0.3) is 0 Å². The summed E-state index contributed by atoms with van der Waals surface area (Å²) in [5.74, 6) is 0.460. The van der Waals surface area contributed by atoms with Gasteiger partial charge >= 0.3 is 0 Å². The summed E-state index contributed by atoms with van der Waals surface area (Å²) in [5, 5.41) is 2.85. The molecule has 1 aromatic rings. The molecule has 0 aliphatic carbocycles. The van der Waals surface area contributed by atoms with E-state index in [2.05, 4.69) is 19.2 Å². The van der Waals surface area contributed by atoms with E-state index in [9.17, 15) is 9.59 Å². The fourth-order valence-corrected chi connectivity index (χ4v) is 2.66. The number of carbonyl (C=O) groups excluding carboxylic acids is 2. The molecule has 2 unspecified atom stereocenters. The molecule has 0 aromatic heterocycles. The number of carbonyl (C=O) groups is 2. The van der Waals surface area contributed by atoms with Crippen molar-refractivity contribution in [1.82, 2.24) is 10.2 Å². The minimum absolute atomic E-state index is 0.0339. The molecule has 0 bridgehead atoms. The maximum absolute atomic E-state index is 12.6. The minimum Gasteiger partial charge on any atom is -0.342 e. The van der Waals surface area contributed by atoms with Gasteiger partial charge in [-0.3, -0.25) is 9.59 Å². The van der Waals surface area contributed by atoms with Gasteiger partial charge in [0.05, 0.1) is 0 Å². The second kappa shape index (κ2) is 6.74. The summed E-state index contributed by atoms with van der Waals surface area (Å²) in [6.45, 7) is 6.80. The van der Waals surface area contributed by atoms with Crippen LogP contribution in [0.1, 0.15) is 45.2 Å². The Balaban J connectivity index is 2.29. The molecule has 2 amide bonds. The lowest BCUT2D eigenvalue weighted by Gasteiger charge is -2.39. The van der Waals surface area contributed by atoms with Crippen molar-refractivity contribution in [3.63, 3.8) is 0 Å². The average Bonchev–Trinajstić information content (AvgIpc) is 2.48. The molecule has 21 heavy (non-hydrogen) atoms. The molecule has 114 valence electrons. The zero-order chi connectivity index (χ0) is 15.4. The molecule has 1 aliphatic heterocycles. The Bertz CT molecular complexity index is 499. The highest BCUT2D eigenvalue weighted by Gasteiger charge is 2.40. The van der Waals surface area contributed by atoms with E-state index in [4.69, 9.17) is 0 Å². The summed E-state index contributed by atoms with van der Waals surface area (Å²) in [5.41, 5.74) is 0.877. The van der Waals surface area contributed by atoms with Gasteiger partial charge in [-0.05, 0) is 24.3 Å². The maximum atomic E-state index is 12.6. The van der Waals surface area contributed by atoms with Crippen molar-refractivity contribution in [1.29, 1.82) is 0 Å². The summed E-state index contributed by atoms with van der Waals surface area (Å²) in [4.78, 5) is 26.8. The molecule has 1 heterocycles. The van der Waals surface area contributed by atoms with Crippen LogP contribution in [-0.2, 0) is 9.59 Å². The van der Waals surface area contributed by atoms with E-state index in [1.807, 2.05) is 37.3 Å². The molecular formula is C17H24N2O2. The Kier molecular flexibility index (Phi) is 4.99. The molecule has 1 saturated heterocycles. The van der Waals surface area contributed by atoms with Gasteiger partial charge in [0.2, 0.25) is 11.8 Å². The Morgan fingerprint density at radius 1 is 1.19 bits per heavy atom. The Hall–Kier alpha value is -1.84. The Morgan fingerprint density at radius 2 is 1.86 bits per heavy atom. The second-order valence-electron chi connectivity index (χ2n) is 6.00. The van der Waals surface area contributed by atoms with E-state index in [1.165, 1.54) is 0 Å². The summed E-state index contributed by atoms with van der Waals surface area (Å²) in [7, 11) is 0. The highest BCUT2D eigenvalue weighted by molar-refractivity contribution is 5.97. The molecular weight excluding hydrogens is 264 g/mol. The van der Waals surface area contributed by atoms with Crippen LogP contribution in [0.5, 0.6) is 0 Å². The molecule has 0 radical (unpaired) electrons. The Morgan fingerprint density at radius 3 is 2.43 bits per heavy atom. The van der Waals surface area contributed by atoms with Gasteiger partial charge in [0.1, 0.15) is 12.1 Å². The lowest BCUT2D eigenvalue weighted by atomic mass is 9.97. The number of nitrogens with one attached hydrogen (secondary N) is 1. The first kappa shape index (κ1) is 15.5. The minimum atomic E-state index is -0.500. The summed E-state index contributed by atoms with van der Waals surface area (Å²) < 4.78 is 0. The van der Waals surface area contributed by atoms with Gasteiger partial charge in [-0.15, -0.1) is 0 Å². The third kappa shape index (κ3) is 3.43. The van der Waals surface area contributed by atoms with E-state index >= 15 is 0 Å². The zero-order valence-electron chi connectivity index (χ0n) is 13.0. The van der Waals surface area contributed by atoms with E-state index in [0.29, 0.717) is 18.9 Å². The highest BCUT2D eigenvalue weighted by atomic mass is 16.2. The standard InChI is InChI=1S/C17H24N2O2/c1-4-14-17(21)19(11-10-12(2)3)15(16(20)18-14)13-8-6-5-7-9-13/h5-9,12,14-15H,4,10-11H2,1-3H3,(H,18,20). The van der Waals surface area contributed by atoms with Crippen molar-refractivity contribution in [3.8, 4) is 0 Å². The number of amides is 2. The van der Waals surface area contributed by atoms with Crippen molar-refractivity contribution in [3.05, 3.63) is 35.9 Å². The van der Waals surface area contributed by atoms with E-state index < -0.39 is 6.04 Å². The molecule has 1 aliphatic rings. The van der Waals surface area contributed by atoms with Crippen LogP contribution >= 0.6 is 0 Å². The summed E-state index contributed by atoms with van der Waals surface area (Å²) in [6.07, 6.45) is 1.53. The zero-order valence-corrected chi connectivity index (χ0v) is 13.0. The number of nitrogens with zero attached hydrogens (tertiary/aromatic N) is 1. The molecule has 4 heteroatoms. The molecule has 1 fully saturated rings. The lowest BCUT2D eigenvalue weighted by molar-refractivity contribution is -0.150. The number of hydrogen-bond acceptors (Lipinski definition) is 2. The van der Waals surface area contributed by atoms with Crippen LogP contribution < -0.4 is 5.32 Å². The van der Waals surface area contributed by atoms with Crippen molar-refractivity contribution < 1.29 is 9.59 Å². The third-order valence-electron chi connectivity index (χ3n) is 3.93. The largest absolute Gasteiger partial charge is 0.342 e. The van der Waals surface area contributed by atoms with E-state index in [1.54, 1.807) is 4.90 Å². The van der Waals surface area contributed by atoms with Crippen molar-refractivity contribution in [2.24, 2.45) is 5.92 Å². The van der Waals surface area contributed by atoms with E-state index in [0.717, 1.165) is 12.0 Å². The highest BCUT2D eigenvalue weighted by Crippen LogP contribution is 2.26. The van der Waals surface area contributed by atoms with Gasteiger partial charge in [-0.2, -0.15) is 0 Å². The van der Waals surface area contributed by atoms with Crippen molar-refractivity contribution in [2.75, 3.05) is 6.54 Å². The van der Waals surface area contributed by atoms with Crippen molar-refractivity contribution >= 4 is 11.8 Å². The van der Waals surface area contributed by atoms with Gasteiger partial charge in [-0.1, -0.05) is 51.1 Å². The lowest BCUT2D eigenvalue weighted by Crippen LogP contribution is -2.59. The molecule has 4 nitrogen and oxygen atoms in total. The van der Waals surface area contributed by atoms with Gasteiger partial charge in [-0.25, -0.2) is 0 Å². The number of benzene rings is 1. The quantitative estimate of drug-likeness (QED) is 0.905. The average molecular weight is 288 g/mol. The first-order chi connectivity index (χ1) is 10.0. The van der Waals surface area contributed by atoms with Crippen LogP contribution in [0.15, 0.2) is 30.3 Å². The smallest absolute Gasteiger partial charge is 0.248 e. The molecule has 1 N–H and O–H groups in total. The van der Waals surface area contributed by atoms with Gasteiger partial charge < -0.3 is 10.2 Å². The number of hydrogen-bond donors (Lipinski definition) is 1. The van der Waals surface area contributed by atoms with Crippen LogP contribution in [0.3, 0.4) is 0 Å². The number of rotatable bonds is 5. The summed E-state index contributed by atoms with van der Waals surface area (Å²) >= 11 is 0. The maximum Gasteiger partial charge on any atom is 0.248 e. The predicted molar refractivity (Wildman–Crippen MR) is 82.6 cm³/mol. The SMILES string of the molecule is CCC1NC(=O)C(c2ccccc2)N(CCC(C)C)C1=O. The molecule has 2 rings (SSSR count). The van der Waals surface area contributed by atoms with Gasteiger partial charge in [0, 0.05) is 6.54 Å². The summed E-state index contributed by atoms with van der Waals surface area (Å²) in [6, 6.07) is 8.65. The monoisotopic (exact) mass is 288 g/mol. The third-order valence-corrected chi connectivity index (χ3v) is 3.93. The van der Waals surface area contributed by atoms with Gasteiger partial charge in [0.15, 0.2) is 0 Å². The van der Waals surface area contributed by atoms with Crippen LogP contribution in [0.25, 0.3) is 0 Å². The number of piperazine rings is 1. The molecule has 0 spiro atoms. The van der Waals surface area contributed by atoms with Crippen LogP contribution in [0.2, 0.25) is 0 Å². The first-order valence-corrected chi connectivity index (χ1v) is 7.70. The fraction of sp³-hybridized carbons (Fsp3) is 0.529. The predicted octanol–water partition coefficient (Wildman–Crippen LogP) is 2.51. The Labute approximate surface area is 126 Å².